The fourth-order valence-corrected chi connectivity index (χ4v) is 4.85. The first-order valence-corrected chi connectivity index (χ1v) is 11.7. The number of aromatic nitrogens is 2. The van der Waals surface area contributed by atoms with E-state index in [0.29, 0.717) is 44.2 Å². The van der Waals surface area contributed by atoms with Crippen LogP contribution in [0.3, 0.4) is 0 Å². The molecule has 0 saturated carbocycles. The molecule has 0 amide bonds. The molecule has 3 aromatic carbocycles. The SMILES string of the molecule is N#Cc1ccc(-c2nc(NC[C@H]3CCNC3)nc3ccc(-c4c(Cl)cccc4Cl)cc23)cc1F. The minimum absolute atomic E-state index is 0.0160. The Morgan fingerprint density at radius 2 is 1.85 bits per heavy atom. The van der Waals surface area contributed by atoms with Crippen molar-refractivity contribution in [2.45, 2.75) is 6.42 Å². The molecule has 0 radical (unpaired) electrons. The van der Waals surface area contributed by atoms with Crippen LogP contribution in [0.25, 0.3) is 33.3 Å². The van der Waals surface area contributed by atoms with Crippen LogP contribution in [0.15, 0.2) is 54.6 Å². The molecule has 8 heteroatoms. The van der Waals surface area contributed by atoms with Gasteiger partial charge in [-0.15, -0.1) is 0 Å². The molecule has 1 atom stereocenters. The summed E-state index contributed by atoms with van der Waals surface area (Å²) in [5, 5.41) is 17.6. The second-order valence-corrected chi connectivity index (χ2v) is 9.08. The molecule has 0 bridgehead atoms. The summed E-state index contributed by atoms with van der Waals surface area (Å²) in [7, 11) is 0. The number of nitrogens with zero attached hydrogens (tertiary/aromatic N) is 3. The number of nitrogens with one attached hydrogen (secondary N) is 2. The standard InChI is InChI=1S/C26H20Cl2FN5/c27-20-2-1-3-21(28)24(20)16-6-7-23-19(10-16)25(17-4-5-18(12-30)22(29)11-17)34-26(33-23)32-14-15-8-9-31-13-15/h1-7,10-11,15,31H,8-9,13-14H2,(H,32,33,34)/t15-/m0/s1. The molecule has 1 aliphatic rings. The molecule has 0 aliphatic carbocycles. The van der Waals surface area contributed by atoms with E-state index in [-0.39, 0.29) is 5.56 Å². The molecule has 2 heterocycles. The topological polar surface area (TPSA) is 73.6 Å². The number of benzene rings is 3. The van der Waals surface area contributed by atoms with Crippen molar-refractivity contribution in [2.75, 3.05) is 25.0 Å². The lowest BCUT2D eigenvalue weighted by Gasteiger charge is -2.14. The summed E-state index contributed by atoms with van der Waals surface area (Å²) < 4.78 is 14.5. The number of rotatable bonds is 5. The Kier molecular flexibility index (Phi) is 6.34. The Labute approximate surface area is 206 Å². The van der Waals surface area contributed by atoms with E-state index in [1.807, 2.05) is 24.3 Å². The van der Waals surface area contributed by atoms with Crippen molar-refractivity contribution >= 4 is 40.1 Å². The molecule has 2 N–H and O–H groups in total. The highest BCUT2D eigenvalue weighted by atomic mass is 35.5. The molecule has 5 nitrogen and oxygen atoms in total. The Hall–Kier alpha value is -3.24. The van der Waals surface area contributed by atoms with E-state index in [1.54, 1.807) is 24.3 Å². The van der Waals surface area contributed by atoms with Gasteiger partial charge in [-0.05, 0) is 67.4 Å². The van der Waals surface area contributed by atoms with Gasteiger partial charge in [-0.1, -0.05) is 41.4 Å². The second-order valence-electron chi connectivity index (χ2n) is 8.27. The zero-order valence-electron chi connectivity index (χ0n) is 18.1. The monoisotopic (exact) mass is 491 g/mol. The molecule has 1 aliphatic heterocycles. The minimum atomic E-state index is -0.594. The third kappa shape index (κ3) is 4.43. The number of nitriles is 1. The van der Waals surface area contributed by atoms with Gasteiger partial charge >= 0.3 is 0 Å². The van der Waals surface area contributed by atoms with Crippen molar-refractivity contribution in [2.24, 2.45) is 5.92 Å². The Morgan fingerprint density at radius 3 is 2.56 bits per heavy atom. The van der Waals surface area contributed by atoms with Crippen LogP contribution in [0.5, 0.6) is 0 Å². The number of anilines is 1. The summed E-state index contributed by atoms with van der Waals surface area (Å²) >= 11 is 12.9. The highest BCUT2D eigenvalue weighted by Gasteiger charge is 2.18. The van der Waals surface area contributed by atoms with Crippen LogP contribution in [-0.4, -0.2) is 29.6 Å². The molecule has 170 valence electrons. The van der Waals surface area contributed by atoms with Gasteiger partial charge in [0, 0.05) is 33.1 Å². The number of hydrogen-bond acceptors (Lipinski definition) is 5. The summed E-state index contributed by atoms with van der Waals surface area (Å²) in [5.41, 5.74) is 3.31. The number of halogens is 3. The normalized spacial score (nSPS) is 15.4. The minimum Gasteiger partial charge on any atom is -0.354 e. The zero-order chi connectivity index (χ0) is 23.7. The lowest BCUT2D eigenvalue weighted by atomic mass is 9.99. The fraction of sp³-hybridized carbons (Fsp3) is 0.192. The first-order valence-electron chi connectivity index (χ1n) is 10.9. The van der Waals surface area contributed by atoms with Gasteiger partial charge in [0.1, 0.15) is 11.9 Å². The Balaban J connectivity index is 1.65. The Bertz CT molecular complexity index is 1410. The van der Waals surface area contributed by atoms with Gasteiger partial charge in [0.05, 0.1) is 16.8 Å². The predicted octanol–water partition coefficient (Wildman–Crippen LogP) is 6.30. The third-order valence-corrected chi connectivity index (χ3v) is 6.65. The highest BCUT2D eigenvalue weighted by Crippen LogP contribution is 2.38. The number of fused-ring (bicyclic) bond motifs is 1. The van der Waals surface area contributed by atoms with Gasteiger partial charge in [-0.3, -0.25) is 0 Å². The highest BCUT2D eigenvalue weighted by molar-refractivity contribution is 6.39. The van der Waals surface area contributed by atoms with E-state index >= 15 is 0 Å². The molecule has 4 aromatic rings. The summed E-state index contributed by atoms with van der Waals surface area (Å²) in [5.74, 6) is 0.381. The molecular weight excluding hydrogens is 472 g/mol. The van der Waals surface area contributed by atoms with E-state index < -0.39 is 5.82 Å². The zero-order valence-corrected chi connectivity index (χ0v) is 19.6. The largest absolute Gasteiger partial charge is 0.354 e. The first kappa shape index (κ1) is 22.5. The maximum Gasteiger partial charge on any atom is 0.223 e. The third-order valence-electron chi connectivity index (χ3n) is 6.02. The molecule has 0 spiro atoms. The van der Waals surface area contributed by atoms with Gasteiger partial charge in [0.2, 0.25) is 5.95 Å². The number of hydrogen-bond donors (Lipinski definition) is 2. The summed E-state index contributed by atoms with van der Waals surface area (Å²) in [6.45, 7) is 2.71. The summed E-state index contributed by atoms with van der Waals surface area (Å²) in [4.78, 5) is 9.45. The van der Waals surface area contributed by atoms with Crippen molar-refractivity contribution in [3.8, 4) is 28.5 Å². The molecule has 1 saturated heterocycles. The molecule has 1 fully saturated rings. The lowest BCUT2D eigenvalue weighted by Crippen LogP contribution is -2.18. The maximum absolute atomic E-state index is 14.5. The quantitative estimate of drug-likeness (QED) is 0.342. The molecule has 1 aromatic heterocycles. The van der Waals surface area contributed by atoms with Crippen LogP contribution in [0.4, 0.5) is 10.3 Å². The fourth-order valence-electron chi connectivity index (χ4n) is 4.23. The molecule has 34 heavy (non-hydrogen) atoms. The predicted molar refractivity (Wildman–Crippen MR) is 135 cm³/mol. The van der Waals surface area contributed by atoms with E-state index in [9.17, 15) is 4.39 Å². The van der Waals surface area contributed by atoms with Crippen molar-refractivity contribution in [1.82, 2.24) is 15.3 Å². The van der Waals surface area contributed by atoms with E-state index in [2.05, 4.69) is 10.6 Å². The van der Waals surface area contributed by atoms with Crippen molar-refractivity contribution < 1.29 is 4.39 Å². The smallest absolute Gasteiger partial charge is 0.223 e. The lowest BCUT2D eigenvalue weighted by molar-refractivity contribution is 0.613. The van der Waals surface area contributed by atoms with Gasteiger partial charge in [-0.25, -0.2) is 14.4 Å². The van der Waals surface area contributed by atoms with Crippen molar-refractivity contribution in [1.29, 1.82) is 5.26 Å². The van der Waals surface area contributed by atoms with Crippen LogP contribution in [-0.2, 0) is 0 Å². The van der Waals surface area contributed by atoms with Crippen LogP contribution in [0.2, 0.25) is 10.0 Å². The molecular formula is C26H20Cl2FN5. The average Bonchev–Trinajstić information content (AvgIpc) is 3.36. The Morgan fingerprint density at radius 1 is 1.06 bits per heavy atom. The van der Waals surface area contributed by atoms with Gasteiger partial charge in [0.25, 0.3) is 0 Å². The van der Waals surface area contributed by atoms with Gasteiger partial charge in [-0.2, -0.15) is 5.26 Å². The molecule has 5 rings (SSSR count). The first-order chi connectivity index (χ1) is 16.5. The summed E-state index contributed by atoms with van der Waals surface area (Å²) in [6.07, 6.45) is 1.09. The van der Waals surface area contributed by atoms with Gasteiger partial charge in [0.15, 0.2) is 0 Å². The second kappa shape index (κ2) is 9.55. The average molecular weight is 492 g/mol. The van der Waals surface area contributed by atoms with Crippen LogP contribution >= 0.6 is 23.2 Å². The molecule has 0 unspecified atom stereocenters. The maximum atomic E-state index is 14.5. The van der Waals surface area contributed by atoms with E-state index in [0.717, 1.165) is 37.0 Å². The van der Waals surface area contributed by atoms with Crippen molar-refractivity contribution in [3.05, 3.63) is 76.0 Å². The van der Waals surface area contributed by atoms with Crippen LogP contribution < -0.4 is 10.6 Å². The van der Waals surface area contributed by atoms with E-state index in [1.165, 1.54) is 12.1 Å². The van der Waals surface area contributed by atoms with Gasteiger partial charge < -0.3 is 10.6 Å². The van der Waals surface area contributed by atoms with E-state index in [4.69, 9.17) is 38.4 Å². The van der Waals surface area contributed by atoms with Crippen molar-refractivity contribution in [3.63, 3.8) is 0 Å². The van der Waals surface area contributed by atoms with Crippen LogP contribution in [0.1, 0.15) is 12.0 Å². The van der Waals surface area contributed by atoms with Crippen LogP contribution in [0, 0.1) is 23.1 Å². The summed E-state index contributed by atoms with van der Waals surface area (Å²) in [6, 6.07) is 17.4.